The second-order valence-corrected chi connectivity index (χ2v) is 6.89. The first-order valence-corrected chi connectivity index (χ1v) is 9.18. The fraction of sp³-hybridized carbons (Fsp3) is 0.300. The summed E-state index contributed by atoms with van der Waals surface area (Å²) in [5.74, 6) is -1.02. The quantitative estimate of drug-likeness (QED) is 0.855. The molecule has 1 saturated heterocycles. The molecule has 142 valence electrons. The Morgan fingerprint density at radius 2 is 1.74 bits per heavy atom. The predicted octanol–water partition coefficient (Wildman–Crippen LogP) is 2.55. The Morgan fingerprint density at radius 1 is 1.04 bits per heavy atom. The molecule has 1 aliphatic heterocycles. The standard InChI is InChI=1S/C20H21ClFN3O2/c21-16-6-7-17(18(22)12-16)20(27)25-10-8-24(9-11-25)14-19(26)23-13-15-4-2-1-3-5-15/h1-7,12H,8-11,13-14H2,(H,23,26). The summed E-state index contributed by atoms with van der Waals surface area (Å²) in [4.78, 5) is 28.2. The number of halogens is 2. The van der Waals surface area contributed by atoms with Crippen LogP contribution in [0.3, 0.4) is 0 Å². The molecule has 1 N–H and O–H groups in total. The Bertz CT molecular complexity index is 808. The second-order valence-electron chi connectivity index (χ2n) is 6.45. The van der Waals surface area contributed by atoms with Gasteiger partial charge in [0.2, 0.25) is 5.91 Å². The van der Waals surface area contributed by atoms with Crippen LogP contribution in [0, 0.1) is 5.82 Å². The minimum Gasteiger partial charge on any atom is -0.351 e. The van der Waals surface area contributed by atoms with Crippen LogP contribution in [0.4, 0.5) is 4.39 Å². The number of carbonyl (C=O) groups excluding carboxylic acids is 2. The molecular formula is C20H21ClFN3O2. The Morgan fingerprint density at radius 3 is 2.41 bits per heavy atom. The van der Waals surface area contributed by atoms with Crippen LogP contribution in [0.25, 0.3) is 0 Å². The van der Waals surface area contributed by atoms with Gasteiger partial charge in [-0.25, -0.2) is 4.39 Å². The lowest BCUT2D eigenvalue weighted by molar-refractivity contribution is -0.122. The van der Waals surface area contributed by atoms with E-state index in [1.807, 2.05) is 35.2 Å². The van der Waals surface area contributed by atoms with Crippen molar-refractivity contribution in [3.63, 3.8) is 0 Å². The van der Waals surface area contributed by atoms with Crippen LogP contribution in [0.1, 0.15) is 15.9 Å². The highest BCUT2D eigenvalue weighted by Gasteiger charge is 2.25. The number of piperazine rings is 1. The summed E-state index contributed by atoms with van der Waals surface area (Å²) in [5, 5.41) is 3.16. The van der Waals surface area contributed by atoms with E-state index in [9.17, 15) is 14.0 Å². The number of carbonyl (C=O) groups is 2. The number of amides is 2. The zero-order chi connectivity index (χ0) is 19.2. The van der Waals surface area contributed by atoms with Gasteiger partial charge in [0, 0.05) is 37.7 Å². The molecule has 0 atom stereocenters. The number of rotatable bonds is 5. The zero-order valence-corrected chi connectivity index (χ0v) is 15.6. The van der Waals surface area contributed by atoms with Crippen molar-refractivity contribution in [3.05, 3.63) is 70.5 Å². The van der Waals surface area contributed by atoms with Crippen molar-refractivity contribution in [3.8, 4) is 0 Å². The van der Waals surface area contributed by atoms with Crippen molar-refractivity contribution in [1.29, 1.82) is 0 Å². The molecule has 1 heterocycles. The Hall–Kier alpha value is -2.44. The van der Waals surface area contributed by atoms with Crippen LogP contribution < -0.4 is 5.32 Å². The largest absolute Gasteiger partial charge is 0.351 e. The first-order valence-electron chi connectivity index (χ1n) is 8.80. The van der Waals surface area contributed by atoms with Crippen molar-refractivity contribution >= 4 is 23.4 Å². The van der Waals surface area contributed by atoms with E-state index in [-0.39, 0.29) is 28.9 Å². The fourth-order valence-electron chi connectivity index (χ4n) is 3.00. The number of hydrogen-bond acceptors (Lipinski definition) is 3. The van der Waals surface area contributed by atoms with Crippen LogP contribution in [-0.2, 0) is 11.3 Å². The molecule has 0 aliphatic carbocycles. The van der Waals surface area contributed by atoms with Crippen molar-refractivity contribution in [2.75, 3.05) is 32.7 Å². The molecule has 0 saturated carbocycles. The minimum absolute atomic E-state index is 0.0217. The summed E-state index contributed by atoms with van der Waals surface area (Å²) in [6.45, 7) is 2.82. The van der Waals surface area contributed by atoms with Gasteiger partial charge < -0.3 is 10.2 Å². The highest BCUT2D eigenvalue weighted by atomic mass is 35.5. The van der Waals surface area contributed by atoms with Gasteiger partial charge in [-0.05, 0) is 23.8 Å². The summed E-state index contributed by atoms with van der Waals surface area (Å²) in [6.07, 6.45) is 0. The van der Waals surface area contributed by atoms with E-state index in [2.05, 4.69) is 5.32 Å². The molecule has 27 heavy (non-hydrogen) atoms. The SMILES string of the molecule is O=C(CN1CCN(C(=O)c2ccc(Cl)cc2F)CC1)NCc1ccccc1. The van der Waals surface area contributed by atoms with Gasteiger partial charge in [-0.2, -0.15) is 0 Å². The van der Waals surface area contributed by atoms with Crippen LogP contribution in [0.15, 0.2) is 48.5 Å². The molecule has 7 heteroatoms. The third-order valence-electron chi connectivity index (χ3n) is 4.52. The third-order valence-corrected chi connectivity index (χ3v) is 4.76. The first kappa shape index (κ1) is 19.3. The van der Waals surface area contributed by atoms with Gasteiger partial charge in [-0.3, -0.25) is 14.5 Å². The molecule has 0 bridgehead atoms. The smallest absolute Gasteiger partial charge is 0.256 e. The Kier molecular flexibility index (Phi) is 6.42. The monoisotopic (exact) mass is 389 g/mol. The Labute approximate surface area is 162 Å². The lowest BCUT2D eigenvalue weighted by Crippen LogP contribution is -2.51. The van der Waals surface area contributed by atoms with E-state index in [1.54, 1.807) is 4.90 Å². The highest BCUT2D eigenvalue weighted by molar-refractivity contribution is 6.30. The molecular weight excluding hydrogens is 369 g/mol. The average Bonchev–Trinajstić information content (AvgIpc) is 2.67. The summed E-state index contributed by atoms with van der Waals surface area (Å²) >= 11 is 5.73. The van der Waals surface area contributed by atoms with Crippen molar-refractivity contribution in [2.45, 2.75) is 6.54 Å². The predicted molar refractivity (Wildman–Crippen MR) is 102 cm³/mol. The second kappa shape index (κ2) is 8.97. The Balaban J connectivity index is 1.45. The molecule has 3 rings (SSSR count). The number of nitrogens with one attached hydrogen (secondary N) is 1. The lowest BCUT2D eigenvalue weighted by Gasteiger charge is -2.34. The maximum absolute atomic E-state index is 13.9. The van der Waals surface area contributed by atoms with Crippen LogP contribution >= 0.6 is 11.6 Å². The van der Waals surface area contributed by atoms with Crippen LogP contribution in [0.2, 0.25) is 5.02 Å². The number of nitrogens with zero attached hydrogens (tertiary/aromatic N) is 2. The molecule has 1 fully saturated rings. The summed E-state index contributed by atoms with van der Waals surface area (Å²) in [5.41, 5.74) is 1.07. The van der Waals surface area contributed by atoms with E-state index < -0.39 is 5.82 Å². The van der Waals surface area contributed by atoms with E-state index >= 15 is 0 Å². The average molecular weight is 390 g/mol. The topological polar surface area (TPSA) is 52.7 Å². The lowest BCUT2D eigenvalue weighted by atomic mass is 10.1. The summed E-state index contributed by atoms with van der Waals surface area (Å²) in [7, 11) is 0. The maximum Gasteiger partial charge on any atom is 0.256 e. The molecule has 2 aromatic carbocycles. The van der Waals surface area contributed by atoms with E-state index in [0.29, 0.717) is 32.7 Å². The molecule has 2 amide bonds. The van der Waals surface area contributed by atoms with E-state index in [4.69, 9.17) is 11.6 Å². The van der Waals surface area contributed by atoms with Crippen LogP contribution in [0.5, 0.6) is 0 Å². The fourth-order valence-corrected chi connectivity index (χ4v) is 3.16. The van der Waals surface area contributed by atoms with Gasteiger partial charge >= 0.3 is 0 Å². The maximum atomic E-state index is 13.9. The van der Waals surface area contributed by atoms with E-state index in [1.165, 1.54) is 12.1 Å². The molecule has 5 nitrogen and oxygen atoms in total. The summed E-state index contributed by atoms with van der Waals surface area (Å²) < 4.78 is 13.9. The van der Waals surface area contributed by atoms with Crippen molar-refractivity contribution < 1.29 is 14.0 Å². The molecule has 0 radical (unpaired) electrons. The van der Waals surface area contributed by atoms with Gasteiger partial charge in [0.15, 0.2) is 0 Å². The highest BCUT2D eigenvalue weighted by Crippen LogP contribution is 2.17. The molecule has 1 aliphatic rings. The van der Waals surface area contributed by atoms with Crippen molar-refractivity contribution in [1.82, 2.24) is 15.1 Å². The molecule has 0 aromatic heterocycles. The van der Waals surface area contributed by atoms with Crippen molar-refractivity contribution in [2.24, 2.45) is 0 Å². The van der Waals surface area contributed by atoms with Crippen LogP contribution in [-0.4, -0.2) is 54.3 Å². The van der Waals surface area contributed by atoms with Gasteiger partial charge in [-0.15, -0.1) is 0 Å². The molecule has 0 spiro atoms. The normalized spacial score (nSPS) is 14.8. The minimum atomic E-state index is -0.616. The number of benzene rings is 2. The third kappa shape index (κ3) is 5.28. The summed E-state index contributed by atoms with van der Waals surface area (Å²) in [6, 6.07) is 13.8. The zero-order valence-electron chi connectivity index (χ0n) is 14.8. The number of hydrogen-bond donors (Lipinski definition) is 1. The van der Waals surface area contributed by atoms with Gasteiger partial charge in [-0.1, -0.05) is 41.9 Å². The van der Waals surface area contributed by atoms with E-state index in [0.717, 1.165) is 11.6 Å². The molecule has 2 aromatic rings. The first-order chi connectivity index (χ1) is 13.0. The van der Waals surface area contributed by atoms with Gasteiger partial charge in [0.05, 0.1) is 12.1 Å². The van der Waals surface area contributed by atoms with Gasteiger partial charge in [0.25, 0.3) is 5.91 Å². The molecule has 0 unspecified atom stereocenters. The van der Waals surface area contributed by atoms with Gasteiger partial charge in [0.1, 0.15) is 5.82 Å².